The van der Waals surface area contributed by atoms with E-state index in [4.69, 9.17) is 0 Å². The molecule has 1 fully saturated rings. The van der Waals surface area contributed by atoms with Crippen LogP contribution in [0, 0.1) is 6.92 Å². The lowest BCUT2D eigenvalue weighted by molar-refractivity contribution is -0.903. The van der Waals surface area contributed by atoms with Crippen molar-refractivity contribution in [3.63, 3.8) is 0 Å². The maximum atomic E-state index is 12.9. The second-order valence-corrected chi connectivity index (χ2v) is 7.14. The Labute approximate surface area is 158 Å². The van der Waals surface area contributed by atoms with Gasteiger partial charge in [0.2, 0.25) is 0 Å². The summed E-state index contributed by atoms with van der Waals surface area (Å²) in [6, 6.07) is 7.00. The van der Waals surface area contributed by atoms with Crippen molar-refractivity contribution in [1.29, 1.82) is 0 Å². The summed E-state index contributed by atoms with van der Waals surface area (Å²) in [6.45, 7) is 7.33. The molecule has 1 aromatic heterocycles. The number of piperidine rings is 1. The largest absolute Gasteiger partial charge is 0.859 e. The highest BCUT2D eigenvalue weighted by molar-refractivity contribution is 6.00. The lowest BCUT2D eigenvalue weighted by atomic mass is 10.1. The molecular weight excluding hydrogens is 344 g/mol. The van der Waals surface area contributed by atoms with Crippen molar-refractivity contribution in [3.05, 3.63) is 56.2 Å². The van der Waals surface area contributed by atoms with Crippen molar-refractivity contribution in [2.75, 3.05) is 26.2 Å². The monoisotopic (exact) mass is 370 g/mol. The molecule has 1 aliphatic heterocycles. The molecule has 0 bridgehead atoms. The van der Waals surface area contributed by atoms with Gasteiger partial charge in [0.05, 0.1) is 31.7 Å². The van der Waals surface area contributed by atoms with E-state index in [2.05, 4.69) is 9.98 Å². The highest BCUT2D eigenvalue weighted by atomic mass is 16.3. The van der Waals surface area contributed by atoms with Crippen LogP contribution in [0.5, 0.6) is 5.88 Å². The molecule has 0 amide bonds. The van der Waals surface area contributed by atoms with Gasteiger partial charge in [0.25, 0.3) is 5.56 Å². The first-order valence-electron chi connectivity index (χ1n) is 9.46. The topological polar surface area (TPSA) is 94.7 Å². The van der Waals surface area contributed by atoms with Crippen molar-refractivity contribution in [1.82, 2.24) is 9.55 Å². The summed E-state index contributed by atoms with van der Waals surface area (Å²) in [5.74, 6) is -0.626. The summed E-state index contributed by atoms with van der Waals surface area (Å²) in [6.07, 6.45) is 3.77. The van der Waals surface area contributed by atoms with Gasteiger partial charge in [-0.3, -0.25) is 19.3 Å². The Bertz CT molecular complexity index is 935. The van der Waals surface area contributed by atoms with E-state index in [1.807, 2.05) is 19.1 Å². The predicted octanol–water partition coefficient (Wildman–Crippen LogP) is -0.214. The highest BCUT2D eigenvalue weighted by Gasteiger charge is 2.14. The SMILES string of the molecule is CC(=NCC[NH+]1CCCCC1)c1c([O-])n(-c2ccc(C)cc2)c(=O)[nH]c1=O. The third-order valence-corrected chi connectivity index (χ3v) is 5.10. The van der Waals surface area contributed by atoms with Crippen molar-refractivity contribution >= 4 is 5.71 Å². The van der Waals surface area contributed by atoms with Gasteiger partial charge < -0.3 is 10.0 Å². The van der Waals surface area contributed by atoms with E-state index in [1.54, 1.807) is 19.1 Å². The van der Waals surface area contributed by atoms with Crippen LogP contribution in [-0.4, -0.2) is 41.4 Å². The van der Waals surface area contributed by atoms with E-state index in [1.165, 1.54) is 24.2 Å². The van der Waals surface area contributed by atoms with E-state index in [-0.39, 0.29) is 5.56 Å². The van der Waals surface area contributed by atoms with Crippen LogP contribution in [0.4, 0.5) is 0 Å². The zero-order valence-electron chi connectivity index (χ0n) is 15.9. The van der Waals surface area contributed by atoms with Crippen LogP contribution in [0.1, 0.15) is 37.3 Å². The van der Waals surface area contributed by atoms with E-state index < -0.39 is 17.1 Å². The molecule has 0 radical (unpaired) electrons. The van der Waals surface area contributed by atoms with E-state index in [0.29, 0.717) is 17.9 Å². The Hall–Kier alpha value is -2.67. The van der Waals surface area contributed by atoms with Crippen LogP contribution in [-0.2, 0) is 0 Å². The van der Waals surface area contributed by atoms with Crippen molar-refractivity contribution < 1.29 is 10.0 Å². The minimum absolute atomic E-state index is 0.0659. The molecular formula is C20H26N4O3. The Morgan fingerprint density at radius 2 is 1.85 bits per heavy atom. The van der Waals surface area contributed by atoms with E-state index >= 15 is 0 Å². The van der Waals surface area contributed by atoms with Gasteiger partial charge in [-0.15, -0.1) is 0 Å². The molecule has 2 heterocycles. The van der Waals surface area contributed by atoms with Crippen LogP contribution < -0.4 is 21.3 Å². The van der Waals surface area contributed by atoms with Crippen LogP contribution in [0.25, 0.3) is 5.69 Å². The Kier molecular flexibility index (Phi) is 5.91. The summed E-state index contributed by atoms with van der Waals surface area (Å²) in [4.78, 5) is 32.7. The molecule has 0 spiro atoms. The normalized spacial score (nSPS) is 15.9. The van der Waals surface area contributed by atoms with Crippen LogP contribution in [0.15, 0.2) is 38.8 Å². The number of H-pyrrole nitrogens is 1. The average Bonchev–Trinajstić information content (AvgIpc) is 2.64. The second-order valence-electron chi connectivity index (χ2n) is 7.14. The van der Waals surface area contributed by atoms with Crippen LogP contribution >= 0.6 is 0 Å². The number of hydrogen-bond donors (Lipinski definition) is 2. The number of aryl methyl sites for hydroxylation is 1. The Morgan fingerprint density at radius 3 is 2.52 bits per heavy atom. The third kappa shape index (κ3) is 4.36. The van der Waals surface area contributed by atoms with E-state index in [9.17, 15) is 14.7 Å². The van der Waals surface area contributed by atoms with Gasteiger partial charge in [-0.2, -0.15) is 0 Å². The molecule has 2 aromatic rings. The molecule has 0 aliphatic carbocycles. The lowest BCUT2D eigenvalue weighted by Crippen LogP contribution is -3.13. The zero-order valence-corrected chi connectivity index (χ0v) is 15.9. The molecule has 1 aromatic carbocycles. The number of aliphatic imine (C=N–C) groups is 1. The van der Waals surface area contributed by atoms with Gasteiger partial charge >= 0.3 is 5.69 Å². The Morgan fingerprint density at radius 1 is 1.19 bits per heavy atom. The van der Waals surface area contributed by atoms with Crippen molar-refractivity contribution in [2.24, 2.45) is 4.99 Å². The maximum absolute atomic E-state index is 12.9. The smallest absolute Gasteiger partial charge is 0.332 e. The van der Waals surface area contributed by atoms with Gasteiger partial charge in [0.1, 0.15) is 0 Å². The molecule has 3 rings (SSSR count). The number of benzene rings is 1. The van der Waals surface area contributed by atoms with E-state index in [0.717, 1.165) is 29.8 Å². The van der Waals surface area contributed by atoms with Crippen LogP contribution in [0.2, 0.25) is 0 Å². The molecule has 27 heavy (non-hydrogen) atoms. The van der Waals surface area contributed by atoms with Crippen molar-refractivity contribution in [2.45, 2.75) is 33.1 Å². The van der Waals surface area contributed by atoms with Crippen LogP contribution in [0.3, 0.4) is 0 Å². The number of nitrogens with one attached hydrogen (secondary N) is 2. The minimum Gasteiger partial charge on any atom is -0.859 e. The summed E-state index contributed by atoms with van der Waals surface area (Å²) < 4.78 is 0.991. The molecule has 0 saturated carbocycles. The molecule has 1 aliphatic rings. The molecule has 0 atom stereocenters. The van der Waals surface area contributed by atoms with Gasteiger partial charge in [-0.05, 0) is 51.1 Å². The molecule has 7 heteroatoms. The fraction of sp³-hybridized carbons (Fsp3) is 0.450. The maximum Gasteiger partial charge on any atom is 0.332 e. The van der Waals surface area contributed by atoms with Gasteiger partial charge in [0, 0.05) is 11.4 Å². The molecule has 144 valence electrons. The van der Waals surface area contributed by atoms with Crippen molar-refractivity contribution in [3.8, 4) is 11.6 Å². The highest BCUT2D eigenvalue weighted by Crippen LogP contribution is 2.15. The first-order chi connectivity index (χ1) is 13.0. The molecule has 0 unspecified atom stereocenters. The van der Waals surface area contributed by atoms with Gasteiger partial charge in [0.15, 0.2) is 0 Å². The molecule has 7 nitrogen and oxygen atoms in total. The summed E-state index contributed by atoms with van der Waals surface area (Å²) in [5, 5.41) is 12.9. The third-order valence-electron chi connectivity index (χ3n) is 5.10. The number of nitrogens with zero attached hydrogens (tertiary/aromatic N) is 2. The fourth-order valence-electron chi connectivity index (χ4n) is 3.53. The minimum atomic E-state index is -0.733. The summed E-state index contributed by atoms with van der Waals surface area (Å²) in [7, 11) is 0. The Balaban J connectivity index is 1.89. The number of quaternary nitrogens is 1. The van der Waals surface area contributed by atoms with Gasteiger partial charge in [-0.25, -0.2) is 4.79 Å². The van der Waals surface area contributed by atoms with Gasteiger partial charge in [-0.1, -0.05) is 17.7 Å². The summed E-state index contributed by atoms with van der Waals surface area (Å²) >= 11 is 0. The molecule has 1 saturated heterocycles. The predicted molar refractivity (Wildman–Crippen MR) is 103 cm³/mol. The number of aromatic nitrogens is 2. The fourth-order valence-corrected chi connectivity index (χ4v) is 3.53. The first-order valence-corrected chi connectivity index (χ1v) is 9.46. The average molecular weight is 370 g/mol. The zero-order chi connectivity index (χ0) is 19.4. The lowest BCUT2D eigenvalue weighted by Gasteiger charge is -2.23. The standard InChI is InChI=1S/C20H26N4O3/c1-14-6-8-16(9-7-14)24-19(26)17(18(25)22-20(24)27)15(2)21-10-13-23-11-4-3-5-12-23/h6-9,26H,3-5,10-13H2,1-2H3,(H,22,25,27). The number of hydrogen-bond acceptors (Lipinski definition) is 4. The summed E-state index contributed by atoms with van der Waals surface area (Å²) in [5.41, 5.74) is 0.339. The number of likely N-dealkylation sites (tertiary alicyclic amines) is 1. The number of rotatable bonds is 5. The second kappa shape index (κ2) is 8.35. The molecule has 2 N–H and O–H groups in total. The number of aromatic amines is 1. The first kappa shape index (κ1) is 19.1. The quantitative estimate of drug-likeness (QED) is 0.713.